The van der Waals surface area contributed by atoms with Crippen LogP contribution in [0.5, 0.6) is 0 Å². The van der Waals surface area contributed by atoms with Gasteiger partial charge in [-0.25, -0.2) is 22.0 Å². The Balaban J connectivity index is 2.46. The molecule has 116 valence electrons. The Morgan fingerprint density at radius 2 is 1.68 bits per heavy atom. The molecule has 2 aromatic carbocycles. The topological polar surface area (TPSA) is 83.5 Å². The van der Waals surface area contributed by atoms with E-state index in [9.17, 15) is 22.0 Å². The number of anilines is 1. The van der Waals surface area contributed by atoms with Gasteiger partial charge in [0.25, 0.3) is 10.0 Å². The number of nitrogens with one attached hydrogen (secondary N) is 1. The van der Waals surface area contributed by atoms with Crippen LogP contribution in [-0.4, -0.2) is 19.5 Å². The Morgan fingerprint density at radius 3 is 2.23 bits per heavy atom. The van der Waals surface area contributed by atoms with Gasteiger partial charge < -0.3 is 5.11 Å². The Bertz CT molecular complexity index is 835. The van der Waals surface area contributed by atoms with Gasteiger partial charge in [0, 0.05) is 6.07 Å². The third-order valence-electron chi connectivity index (χ3n) is 2.58. The zero-order valence-corrected chi connectivity index (χ0v) is 12.3. The van der Waals surface area contributed by atoms with Gasteiger partial charge in [-0.05, 0) is 30.3 Å². The molecule has 0 aliphatic heterocycles. The second kappa shape index (κ2) is 5.90. The van der Waals surface area contributed by atoms with E-state index in [2.05, 4.69) is 0 Å². The van der Waals surface area contributed by atoms with Gasteiger partial charge >= 0.3 is 5.97 Å². The van der Waals surface area contributed by atoms with Crippen LogP contribution in [0.4, 0.5) is 14.5 Å². The van der Waals surface area contributed by atoms with Gasteiger partial charge in [-0.2, -0.15) is 0 Å². The molecule has 0 heterocycles. The van der Waals surface area contributed by atoms with E-state index in [-0.39, 0.29) is 16.3 Å². The summed E-state index contributed by atoms with van der Waals surface area (Å²) in [6.45, 7) is 0. The van der Waals surface area contributed by atoms with Crippen LogP contribution in [0.3, 0.4) is 0 Å². The maximum absolute atomic E-state index is 13.1. The minimum atomic E-state index is -4.31. The fraction of sp³-hybridized carbons (Fsp3) is 0. The van der Waals surface area contributed by atoms with E-state index in [0.717, 1.165) is 30.3 Å². The summed E-state index contributed by atoms with van der Waals surface area (Å²) in [4.78, 5) is 10.4. The highest BCUT2D eigenvalue weighted by Gasteiger charge is 2.20. The SMILES string of the molecule is O=C(O)c1ccc(Cl)c(S(=O)(=O)Nc2cc(F)cc(F)c2)c1. The monoisotopic (exact) mass is 347 g/mol. The number of halogens is 3. The van der Waals surface area contributed by atoms with E-state index in [4.69, 9.17) is 16.7 Å². The van der Waals surface area contributed by atoms with Crippen molar-refractivity contribution in [3.05, 3.63) is 58.6 Å². The molecule has 0 aliphatic rings. The molecule has 0 aliphatic carbocycles. The quantitative estimate of drug-likeness (QED) is 0.890. The molecule has 0 fully saturated rings. The van der Waals surface area contributed by atoms with Crippen LogP contribution in [0.25, 0.3) is 0 Å². The molecule has 0 unspecified atom stereocenters. The molecule has 9 heteroatoms. The summed E-state index contributed by atoms with van der Waals surface area (Å²) in [6, 6.07) is 5.21. The van der Waals surface area contributed by atoms with Crippen LogP contribution >= 0.6 is 11.6 Å². The van der Waals surface area contributed by atoms with Crippen molar-refractivity contribution in [2.75, 3.05) is 4.72 Å². The first kappa shape index (κ1) is 16.2. The molecule has 0 radical (unpaired) electrons. The number of hydrogen-bond donors (Lipinski definition) is 2. The fourth-order valence-electron chi connectivity index (χ4n) is 1.67. The summed E-state index contributed by atoms with van der Waals surface area (Å²) in [7, 11) is -4.31. The van der Waals surface area contributed by atoms with E-state index in [1.807, 2.05) is 4.72 Å². The van der Waals surface area contributed by atoms with Gasteiger partial charge in [-0.15, -0.1) is 0 Å². The standard InChI is InChI=1S/C13H8ClF2NO4S/c14-11-2-1-7(13(18)19)3-12(11)22(20,21)17-10-5-8(15)4-9(16)6-10/h1-6,17H,(H,18,19). The smallest absolute Gasteiger partial charge is 0.335 e. The molecule has 0 atom stereocenters. The van der Waals surface area contributed by atoms with Crippen molar-refractivity contribution in [3.63, 3.8) is 0 Å². The van der Waals surface area contributed by atoms with E-state index < -0.39 is 32.5 Å². The maximum Gasteiger partial charge on any atom is 0.335 e. The predicted molar refractivity (Wildman–Crippen MR) is 75.6 cm³/mol. The van der Waals surface area contributed by atoms with Gasteiger partial charge in [0.2, 0.25) is 0 Å². The van der Waals surface area contributed by atoms with Gasteiger partial charge in [0.15, 0.2) is 0 Å². The normalized spacial score (nSPS) is 11.2. The average Bonchev–Trinajstić information content (AvgIpc) is 2.36. The molecule has 0 amide bonds. The van der Waals surface area contributed by atoms with Gasteiger partial charge in [0.05, 0.1) is 16.3 Å². The van der Waals surface area contributed by atoms with Crippen molar-refractivity contribution in [1.82, 2.24) is 0 Å². The Morgan fingerprint density at radius 1 is 1.09 bits per heavy atom. The first-order valence-corrected chi connectivity index (χ1v) is 7.57. The predicted octanol–water partition coefficient (Wildman–Crippen LogP) is 3.12. The number of aromatic carboxylic acids is 1. The molecule has 5 nitrogen and oxygen atoms in total. The van der Waals surface area contributed by atoms with Crippen LogP contribution in [0.15, 0.2) is 41.3 Å². The Kier molecular flexibility index (Phi) is 4.34. The molecule has 0 saturated heterocycles. The minimum absolute atomic E-state index is 0.227. The van der Waals surface area contributed by atoms with E-state index in [0.29, 0.717) is 6.07 Å². The number of hydrogen-bond acceptors (Lipinski definition) is 3. The molecule has 0 spiro atoms. The van der Waals surface area contributed by atoms with Crippen molar-refractivity contribution in [3.8, 4) is 0 Å². The highest BCUT2D eigenvalue weighted by atomic mass is 35.5. The van der Waals surface area contributed by atoms with Gasteiger partial charge in [-0.1, -0.05) is 11.6 Å². The number of sulfonamides is 1. The lowest BCUT2D eigenvalue weighted by molar-refractivity contribution is 0.0696. The third kappa shape index (κ3) is 3.52. The van der Waals surface area contributed by atoms with Crippen molar-refractivity contribution in [1.29, 1.82) is 0 Å². The van der Waals surface area contributed by atoms with Crippen LogP contribution in [0.2, 0.25) is 5.02 Å². The van der Waals surface area contributed by atoms with Crippen molar-refractivity contribution < 1.29 is 27.1 Å². The number of carboxylic acid groups (broad SMARTS) is 1. The molecular weight excluding hydrogens is 340 g/mol. The largest absolute Gasteiger partial charge is 0.478 e. The lowest BCUT2D eigenvalue weighted by atomic mass is 10.2. The van der Waals surface area contributed by atoms with E-state index in [1.54, 1.807) is 0 Å². The highest BCUT2D eigenvalue weighted by Crippen LogP contribution is 2.25. The summed E-state index contributed by atoms with van der Waals surface area (Å²) in [5.74, 6) is -3.28. The lowest BCUT2D eigenvalue weighted by Crippen LogP contribution is -2.14. The van der Waals surface area contributed by atoms with Crippen molar-refractivity contribution in [2.45, 2.75) is 4.90 Å². The maximum atomic E-state index is 13.1. The number of carboxylic acids is 1. The van der Waals surface area contributed by atoms with Crippen LogP contribution in [0, 0.1) is 11.6 Å². The summed E-state index contributed by atoms with van der Waals surface area (Å²) >= 11 is 5.75. The third-order valence-corrected chi connectivity index (χ3v) is 4.45. The molecule has 0 aromatic heterocycles. The second-order valence-electron chi connectivity index (χ2n) is 4.21. The zero-order chi connectivity index (χ0) is 16.5. The molecular formula is C13H8ClF2NO4S. The summed E-state index contributed by atoms with van der Waals surface area (Å²) in [5.41, 5.74) is -0.649. The lowest BCUT2D eigenvalue weighted by Gasteiger charge is -2.10. The number of carbonyl (C=O) groups is 1. The summed E-state index contributed by atoms with van der Waals surface area (Å²) in [6.07, 6.45) is 0. The first-order valence-electron chi connectivity index (χ1n) is 5.71. The molecule has 2 rings (SSSR count). The Labute approximate surface area is 129 Å². The Hall–Kier alpha value is -2.19. The van der Waals surface area contributed by atoms with Crippen molar-refractivity contribution in [2.24, 2.45) is 0 Å². The summed E-state index contributed by atoms with van der Waals surface area (Å²) < 4.78 is 52.5. The van der Waals surface area contributed by atoms with E-state index in [1.165, 1.54) is 0 Å². The molecule has 2 aromatic rings. The number of rotatable bonds is 4. The molecule has 0 bridgehead atoms. The second-order valence-corrected chi connectivity index (χ2v) is 6.27. The number of benzene rings is 2. The molecule has 2 N–H and O–H groups in total. The first-order chi connectivity index (χ1) is 10.2. The van der Waals surface area contributed by atoms with Crippen LogP contribution in [0.1, 0.15) is 10.4 Å². The van der Waals surface area contributed by atoms with Gasteiger partial charge in [-0.3, -0.25) is 4.72 Å². The van der Waals surface area contributed by atoms with Crippen molar-refractivity contribution >= 4 is 33.3 Å². The minimum Gasteiger partial charge on any atom is -0.478 e. The van der Waals surface area contributed by atoms with Crippen LogP contribution in [-0.2, 0) is 10.0 Å². The fourth-order valence-corrected chi connectivity index (χ4v) is 3.23. The zero-order valence-electron chi connectivity index (χ0n) is 10.7. The van der Waals surface area contributed by atoms with Crippen LogP contribution < -0.4 is 4.72 Å². The van der Waals surface area contributed by atoms with Gasteiger partial charge in [0.1, 0.15) is 16.5 Å². The highest BCUT2D eigenvalue weighted by molar-refractivity contribution is 7.92. The molecule has 22 heavy (non-hydrogen) atoms. The summed E-state index contributed by atoms with van der Waals surface area (Å²) in [5, 5.41) is 8.64. The average molecular weight is 348 g/mol. The van der Waals surface area contributed by atoms with E-state index >= 15 is 0 Å². The molecule has 0 saturated carbocycles.